The van der Waals surface area contributed by atoms with E-state index in [1.54, 1.807) is 19.2 Å². The molecule has 1 saturated heterocycles. The SMILES string of the molecule is C=CCN1CCC(NC(=NC)NCc2ccc(C#N)cc2F)CC1.I. The summed E-state index contributed by atoms with van der Waals surface area (Å²) in [4.78, 5) is 6.57. The summed E-state index contributed by atoms with van der Waals surface area (Å²) in [5.41, 5.74) is 0.836. The summed E-state index contributed by atoms with van der Waals surface area (Å²) in [6, 6.07) is 6.79. The average Bonchev–Trinajstić information content (AvgIpc) is 2.61. The van der Waals surface area contributed by atoms with Gasteiger partial charge in [-0.3, -0.25) is 9.89 Å². The van der Waals surface area contributed by atoms with Gasteiger partial charge < -0.3 is 10.6 Å². The van der Waals surface area contributed by atoms with Gasteiger partial charge >= 0.3 is 0 Å². The lowest BCUT2D eigenvalue weighted by Crippen LogP contribution is -2.48. The first-order valence-corrected chi connectivity index (χ1v) is 8.15. The van der Waals surface area contributed by atoms with Crippen LogP contribution >= 0.6 is 24.0 Å². The molecule has 0 amide bonds. The summed E-state index contributed by atoms with van der Waals surface area (Å²) in [5.74, 6) is 0.288. The van der Waals surface area contributed by atoms with Crippen LogP contribution in [0.25, 0.3) is 0 Å². The molecule has 0 bridgehead atoms. The number of hydrogen-bond donors (Lipinski definition) is 2. The van der Waals surface area contributed by atoms with Crippen LogP contribution < -0.4 is 10.6 Å². The van der Waals surface area contributed by atoms with Gasteiger partial charge in [-0.1, -0.05) is 12.1 Å². The van der Waals surface area contributed by atoms with Crippen molar-refractivity contribution in [3.05, 3.63) is 47.8 Å². The first-order chi connectivity index (χ1) is 11.7. The lowest BCUT2D eigenvalue weighted by molar-refractivity contribution is 0.225. The fourth-order valence-electron chi connectivity index (χ4n) is 2.77. The molecule has 2 N–H and O–H groups in total. The van der Waals surface area contributed by atoms with E-state index in [9.17, 15) is 4.39 Å². The molecule has 136 valence electrons. The zero-order valence-electron chi connectivity index (χ0n) is 14.5. The van der Waals surface area contributed by atoms with Gasteiger partial charge in [-0.25, -0.2) is 4.39 Å². The maximum Gasteiger partial charge on any atom is 0.191 e. The zero-order chi connectivity index (χ0) is 17.4. The second-order valence-corrected chi connectivity index (χ2v) is 5.85. The number of aliphatic imine (C=N–C) groups is 1. The Kier molecular flexibility index (Phi) is 9.45. The number of nitrogens with one attached hydrogen (secondary N) is 2. The predicted molar refractivity (Wildman–Crippen MR) is 110 cm³/mol. The van der Waals surface area contributed by atoms with Gasteiger partial charge in [-0.15, -0.1) is 30.6 Å². The van der Waals surface area contributed by atoms with Crippen LogP contribution in [0.1, 0.15) is 24.0 Å². The van der Waals surface area contributed by atoms with Crippen LogP contribution in [-0.2, 0) is 6.54 Å². The molecule has 1 aliphatic rings. The quantitative estimate of drug-likeness (QED) is 0.309. The third-order valence-corrected chi connectivity index (χ3v) is 4.17. The molecule has 0 saturated carbocycles. The van der Waals surface area contributed by atoms with E-state index in [4.69, 9.17) is 5.26 Å². The molecule has 0 atom stereocenters. The monoisotopic (exact) mass is 457 g/mol. The molecular formula is C18H25FIN5. The Hall–Kier alpha value is -1.66. The molecule has 0 aliphatic carbocycles. The summed E-state index contributed by atoms with van der Waals surface area (Å²) < 4.78 is 13.9. The molecule has 0 radical (unpaired) electrons. The van der Waals surface area contributed by atoms with Crippen LogP contribution in [0, 0.1) is 17.1 Å². The lowest BCUT2D eigenvalue weighted by Gasteiger charge is -2.32. The molecule has 0 spiro atoms. The number of halogens is 2. The molecule has 2 rings (SSSR count). The van der Waals surface area contributed by atoms with Crippen molar-refractivity contribution in [1.82, 2.24) is 15.5 Å². The Morgan fingerprint density at radius 1 is 1.48 bits per heavy atom. The number of nitrogens with zero attached hydrogens (tertiary/aromatic N) is 3. The van der Waals surface area contributed by atoms with E-state index >= 15 is 0 Å². The van der Waals surface area contributed by atoms with Crippen molar-refractivity contribution in [2.75, 3.05) is 26.7 Å². The minimum Gasteiger partial charge on any atom is -0.354 e. The molecule has 0 unspecified atom stereocenters. The summed E-state index contributed by atoms with van der Waals surface area (Å²) in [6.07, 6.45) is 4.01. The smallest absolute Gasteiger partial charge is 0.191 e. The Morgan fingerprint density at radius 3 is 2.76 bits per heavy atom. The van der Waals surface area contributed by atoms with Gasteiger partial charge in [-0.2, -0.15) is 5.26 Å². The number of benzene rings is 1. The van der Waals surface area contributed by atoms with Gasteiger partial charge in [0.15, 0.2) is 5.96 Å². The molecular weight excluding hydrogens is 432 g/mol. The first kappa shape index (κ1) is 21.4. The third kappa shape index (κ3) is 6.63. The van der Waals surface area contributed by atoms with Gasteiger partial charge in [0.25, 0.3) is 0 Å². The second-order valence-electron chi connectivity index (χ2n) is 5.85. The van der Waals surface area contributed by atoms with E-state index in [2.05, 4.69) is 27.1 Å². The predicted octanol–water partition coefficient (Wildman–Crippen LogP) is 2.63. The van der Waals surface area contributed by atoms with Crippen LogP contribution in [-0.4, -0.2) is 43.6 Å². The van der Waals surface area contributed by atoms with Gasteiger partial charge in [0.1, 0.15) is 5.82 Å². The zero-order valence-corrected chi connectivity index (χ0v) is 16.8. The van der Waals surface area contributed by atoms with Crippen molar-refractivity contribution < 1.29 is 4.39 Å². The van der Waals surface area contributed by atoms with Crippen molar-refractivity contribution in [2.24, 2.45) is 4.99 Å². The van der Waals surface area contributed by atoms with Crippen molar-refractivity contribution in [1.29, 1.82) is 5.26 Å². The van der Waals surface area contributed by atoms with Crippen molar-refractivity contribution >= 4 is 29.9 Å². The van der Waals surface area contributed by atoms with Gasteiger partial charge in [0.05, 0.1) is 11.6 Å². The van der Waals surface area contributed by atoms with E-state index in [1.165, 1.54) is 6.07 Å². The van der Waals surface area contributed by atoms with Gasteiger partial charge in [-0.05, 0) is 25.0 Å². The Morgan fingerprint density at radius 2 is 2.20 bits per heavy atom. The normalized spacial score (nSPS) is 15.8. The standard InChI is InChI=1S/C18H24FN5.HI/c1-3-8-24-9-6-16(7-10-24)23-18(21-2)22-13-15-5-4-14(12-20)11-17(15)19;/h3-5,11,16H,1,6-10,13H2,2H3,(H2,21,22,23);1H. The highest BCUT2D eigenvalue weighted by Crippen LogP contribution is 2.11. The number of rotatable bonds is 5. The van der Waals surface area contributed by atoms with E-state index in [-0.39, 0.29) is 29.8 Å². The minimum atomic E-state index is -0.380. The van der Waals surface area contributed by atoms with Crippen molar-refractivity contribution in [3.8, 4) is 6.07 Å². The summed E-state index contributed by atoms with van der Waals surface area (Å²) in [6.45, 7) is 7.09. The Bertz CT molecular complexity index is 633. The van der Waals surface area contributed by atoms with Crippen LogP contribution in [0.4, 0.5) is 4.39 Å². The number of hydrogen-bond acceptors (Lipinski definition) is 3. The van der Waals surface area contributed by atoms with E-state index in [0.717, 1.165) is 32.5 Å². The minimum absolute atomic E-state index is 0. The maximum absolute atomic E-state index is 13.9. The van der Waals surface area contributed by atoms with Crippen LogP contribution in [0.15, 0.2) is 35.8 Å². The topological polar surface area (TPSA) is 63.4 Å². The fourth-order valence-corrected chi connectivity index (χ4v) is 2.77. The molecule has 1 fully saturated rings. The molecule has 1 heterocycles. The van der Waals surface area contributed by atoms with E-state index < -0.39 is 0 Å². The number of guanidine groups is 1. The van der Waals surface area contributed by atoms with Crippen molar-refractivity contribution in [3.63, 3.8) is 0 Å². The molecule has 1 aromatic rings. The third-order valence-electron chi connectivity index (χ3n) is 4.17. The molecule has 1 aliphatic heterocycles. The molecule has 5 nitrogen and oxygen atoms in total. The molecule has 1 aromatic carbocycles. The highest BCUT2D eigenvalue weighted by atomic mass is 127. The number of nitriles is 1. The van der Waals surface area contributed by atoms with Crippen LogP contribution in [0.3, 0.4) is 0 Å². The number of piperidine rings is 1. The summed E-state index contributed by atoms with van der Waals surface area (Å²) in [5, 5.41) is 15.3. The van der Waals surface area contributed by atoms with Crippen LogP contribution in [0.2, 0.25) is 0 Å². The molecule has 7 heteroatoms. The summed E-state index contributed by atoms with van der Waals surface area (Å²) >= 11 is 0. The highest BCUT2D eigenvalue weighted by molar-refractivity contribution is 14.0. The highest BCUT2D eigenvalue weighted by Gasteiger charge is 2.19. The molecule has 25 heavy (non-hydrogen) atoms. The van der Waals surface area contributed by atoms with Crippen LogP contribution in [0.5, 0.6) is 0 Å². The fraction of sp³-hybridized carbons (Fsp3) is 0.444. The Balaban J connectivity index is 0.00000312. The van der Waals surface area contributed by atoms with Gasteiger partial charge in [0.2, 0.25) is 0 Å². The second kappa shape index (κ2) is 11.1. The number of likely N-dealkylation sites (tertiary alicyclic amines) is 1. The maximum atomic E-state index is 13.9. The first-order valence-electron chi connectivity index (χ1n) is 8.15. The lowest BCUT2D eigenvalue weighted by atomic mass is 10.1. The van der Waals surface area contributed by atoms with Gasteiger partial charge in [0, 0.05) is 44.8 Å². The van der Waals surface area contributed by atoms with E-state index in [1.807, 2.05) is 12.1 Å². The van der Waals surface area contributed by atoms with E-state index in [0.29, 0.717) is 29.7 Å². The Labute approximate surface area is 166 Å². The largest absolute Gasteiger partial charge is 0.354 e. The average molecular weight is 457 g/mol. The van der Waals surface area contributed by atoms with Crippen molar-refractivity contribution in [2.45, 2.75) is 25.4 Å². The summed E-state index contributed by atoms with van der Waals surface area (Å²) in [7, 11) is 1.71. The molecule has 0 aromatic heterocycles.